The minimum atomic E-state index is 0.637. The van der Waals surface area contributed by atoms with Gasteiger partial charge >= 0.3 is 0 Å². The third kappa shape index (κ3) is 2.45. The zero-order chi connectivity index (χ0) is 11.4. The summed E-state index contributed by atoms with van der Waals surface area (Å²) in [7, 11) is 0. The second kappa shape index (κ2) is 4.57. The van der Waals surface area contributed by atoms with Gasteiger partial charge in [0.25, 0.3) is 0 Å². The average Bonchev–Trinajstić information content (AvgIpc) is 2.30. The molecule has 1 aromatic heterocycles. The van der Waals surface area contributed by atoms with Gasteiger partial charge in [-0.3, -0.25) is 9.98 Å². The number of nitrogen functional groups attached to an aromatic ring is 1. The minimum absolute atomic E-state index is 0.637. The molecule has 1 heterocycles. The number of aromatic nitrogens is 1. The van der Waals surface area contributed by atoms with Crippen LogP contribution in [-0.4, -0.2) is 11.2 Å². The number of benzene rings is 1. The lowest BCUT2D eigenvalue weighted by atomic mass is 10.2. The Balaban J connectivity index is 2.21. The highest BCUT2D eigenvalue weighted by Crippen LogP contribution is 2.18. The number of hydrogen-bond donors (Lipinski definition) is 1. The van der Waals surface area contributed by atoms with Crippen molar-refractivity contribution in [3.05, 3.63) is 53.9 Å². The summed E-state index contributed by atoms with van der Waals surface area (Å²) >= 11 is 0. The molecule has 0 aliphatic heterocycles. The van der Waals surface area contributed by atoms with Gasteiger partial charge in [-0.25, -0.2) is 0 Å². The molecule has 0 spiro atoms. The molecule has 0 atom stereocenters. The van der Waals surface area contributed by atoms with Crippen LogP contribution in [0.5, 0.6) is 0 Å². The van der Waals surface area contributed by atoms with Gasteiger partial charge in [0.1, 0.15) is 5.69 Å². The molecule has 0 fully saturated rings. The zero-order valence-corrected chi connectivity index (χ0v) is 9.09. The fourth-order valence-electron chi connectivity index (χ4n) is 1.30. The number of nitrogens with zero attached hydrogens (tertiary/aromatic N) is 2. The summed E-state index contributed by atoms with van der Waals surface area (Å²) in [5.74, 6) is 0. The van der Waals surface area contributed by atoms with E-state index in [0.29, 0.717) is 11.4 Å². The van der Waals surface area contributed by atoms with Gasteiger partial charge in [0, 0.05) is 12.4 Å². The Kier molecular flexibility index (Phi) is 2.96. The first-order valence-electron chi connectivity index (χ1n) is 5.06. The number of nitrogens with two attached hydrogens (primary N) is 1. The van der Waals surface area contributed by atoms with Crippen molar-refractivity contribution in [1.29, 1.82) is 0 Å². The summed E-state index contributed by atoms with van der Waals surface area (Å²) in [6.07, 6.45) is 5.09. The molecule has 0 amide bonds. The van der Waals surface area contributed by atoms with Crippen molar-refractivity contribution in [2.24, 2.45) is 4.99 Å². The van der Waals surface area contributed by atoms with Crippen LogP contribution in [0.15, 0.2) is 47.7 Å². The molecule has 1 aromatic carbocycles. The van der Waals surface area contributed by atoms with Gasteiger partial charge in [0.05, 0.1) is 11.9 Å². The van der Waals surface area contributed by atoms with Crippen LogP contribution in [0.3, 0.4) is 0 Å². The number of aliphatic imine (C=N–C) groups is 1. The van der Waals surface area contributed by atoms with Crippen molar-refractivity contribution in [2.75, 3.05) is 5.73 Å². The van der Waals surface area contributed by atoms with Gasteiger partial charge in [-0.05, 0) is 18.6 Å². The Labute approximate surface area is 94.7 Å². The molecular weight excluding hydrogens is 198 g/mol. The van der Waals surface area contributed by atoms with Crippen LogP contribution in [0.1, 0.15) is 11.1 Å². The second-order valence-corrected chi connectivity index (χ2v) is 3.60. The predicted octanol–water partition coefficient (Wildman–Crippen LogP) is 2.72. The van der Waals surface area contributed by atoms with Crippen LogP contribution in [0.25, 0.3) is 0 Å². The molecule has 2 N–H and O–H groups in total. The molecule has 0 aliphatic rings. The number of hydrogen-bond acceptors (Lipinski definition) is 3. The van der Waals surface area contributed by atoms with E-state index in [-0.39, 0.29) is 0 Å². The van der Waals surface area contributed by atoms with Gasteiger partial charge in [-0.15, -0.1) is 0 Å². The molecule has 3 heteroatoms. The number of rotatable bonds is 2. The topological polar surface area (TPSA) is 51.3 Å². The predicted molar refractivity (Wildman–Crippen MR) is 67.1 cm³/mol. The fourth-order valence-corrected chi connectivity index (χ4v) is 1.30. The summed E-state index contributed by atoms with van der Waals surface area (Å²) in [5, 5.41) is 0. The second-order valence-electron chi connectivity index (χ2n) is 3.60. The van der Waals surface area contributed by atoms with E-state index in [9.17, 15) is 0 Å². The third-order valence-electron chi connectivity index (χ3n) is 2.26. The Morgan fingerprint density at radius 3 is 2.62 bits per heavy atom. The fraction of sp³-hybridized carbons (Fsp3) is 0.0769. The van der Waals surface area contributed by atoms with Gasteiger partial charge < -0.3 is 5.73 Å². The third-order valence-corrected chi connectivity index (χ3v) is 2.26. The molecule has 3 nitrogen and oxygen atoms in total. The maximum atomic E-state index is 5.76. The number of anilines is 1. The maximum absolute atomic E-state index is 5.76. The molecule has 2 rings (SSSR count). The van der Waals surface area contributed by atoms with E-state index in [1.165, 1.54) is 5.56 Å². The molecule has 0 aliphatic carbocycles. The average molecular weight is 211 g/mol. The van der Waals surface area contributed by atoms with Gasteiger partial charge in [-0.2, -0.15) is 0 Å². The normalized spacial score (nSPS) is 10.8. The summed E-state index contributed by atoms with van der Waals surface area (Å²) in [4.78, 5) is 8.27. The van der Waals surface area contributed by atoms with Gasteiger partial charge in [0.2, 0.25) is 0 Å². The van der Waals surface area contributed by atoms with Crippen LogP contribution in [0.4, 0.5) is 11.4 Å². The Hall–Kier alpha value is -2.16. The van der Waals surface area contributed by atoms with Gasteiger partial charge in [0.15, 0.2) is 0 Å². The SMILES string of the molecule is Cc1ccc(C=Nc2cnccc2N)cc1. The highest BCUT2D eigenvalue weighted by molar-refractivity contribution is 5.83. The van der Waals surface area contributed by atoms with Crippen molar-refractivity contribution >= 4 is 17.6 Å². The lowest BCUT2D eigenvalue weighted by molar-refractivity contribution is 1.31. The molecule has 2 aromatic rings. The van der Waals surface area contributed by atoms with Crippen LogP contribution in [-0.2, 0) is 0 Å². The van der Waals surface area contributed by atoms with Crippen LogP contribution in [0.2, 0.25) is 0 Å². The largest absolute Gasteiger partial charge is 0.397 e. The monoisotopic (exact) mass is 211 g/mol. The molecule has 0 saturated carbocycles. The first-order chi connectivity index (χ1) is 7.75. The van der Waals surface area contributed by atoms with E-state index in [2.05, 4.69) is 16.9 Å². The smallest absolute Gasteiger partial charge is 0.104 e. The first kappa shape index (κ1) is 10.4. The van der Waals surface area contributed by atoms with Crippen molar-refractivity contribution in [1.82, 2.24) is 4.98 Å². The van der Waals surface area contributed by atoms with Crippen molar-refractivity contribution < 1.29 is 0 Å². The van der Waals surface area contributed by atoms with E-state index < -0.39 is 0 Å². The van der Waals surface area contributed by atoms with E-state index in [1.807, 2.05) is 24.3 Å². The quantitative estimate of drug-likeness (QED) is 0.776. The summed E-state index contributed by atoms with van der Waals surface area (Å²) < 4.78 is 0. The zero-order valence-electron chi connectivity index (χ0n) is 9.09. The minimum Gasteiger partial charge on any atom is -0.397 e. The Bertz CT molecular complexity index is 501. The maximum Gasteiger partial charge on any atom is 0.104 e. The molecule has 80 valence electrons. The number of aryl methyl sites for hydroxylation is 1. The summed E-state index contributed by atoms with van der Waals surface area (Å²) in [5.41, 5.74) is 9.37. The Morgan fingerprint density at radius 1 is 1.19 bits per heavy atom. The van der Waals surface area contributed by atoms with Crippen molar-refractivity contribution in [3.63, 3.8) is 0 Å². The van der Waals surface area contributed by atoms with Gasteiger partial charge in [-0.1, -0.05) is 29.8 Å². The van der Waals surface area contributed by atoms with E-state index >= 15 is 0 Å². The lowest BCUT2D eigenvalue weighted by Crippen LogP contribution is -1.86. The molecule has 0 saturated heterocycles. The summed E-state index contributed by atoms with van der Waals surface area (Å²) in [6, 6.07) is 9.88. The molecule has 0 unspecified atom stereocenters. The van der Waals surface area contributed by atoms with Crippen LogP contribution in [0, 0.1) is 6.92 Å². The molecule has 0 radical (unpaired) electrons. The van der Waals surface area contributed by atoms with Crippen molar-refractivity contribution in [3.8, 4) is 0 Å². The van der Waals surface area contributed by atoms with Crippen LogP contribution >= 0.6 is 0 Å². The van der Waals surface area contributed by atoms with E-state index in [1.54, 1.807) is 24.7 Å². The van der Waals surface area contributed by atoms with E-state index in [4.69, 9.17) is 5.73 Å². The molecular formula is C13H13N3. The first-order valence-corrected chi connectivity index (χ1v) is 5.06. The standard InChI is InChI=1S/C13H13N3/c1-10-2-4-11(5-3-10)8-16-13-9-15-7-6-12(13)14/h2-9H,1H3,(H2,14,15). The summed E-state index contributed by atoms with van der Waals surface area (Å²) in [6.45, 7) is 2.06. The lowest BCUT2D eigenvalue weighted by Gasteiger charge is -1.98. The number of pyridine rings is 1. The molecule has 16 heavy (non-hydrogen) atoms. The highest BCUT2D eigenvalue weighted by atomic mass is 14.8. The van der Waals surface area contributed by atoms with E-state index in [0.717, 1.165) is 5.56 Å². The highest BCUT2D eigenvalue weighted by Gasteiger charge is 1.94. The molecule has 0 bridgehead atoms. The Morgan fingerprint density at radius 2 is 1.94 bits per heavy atom. The van der Waals surface area contributed by atoms with Crippen molar-refractivity contribution in [2.45, 2.75) is 6.92 Å². The van der Waals surface area contributed by atoms with Crippen LogP contribution < -0.4 is 5.73 Å².